The zero-order valence-corrected chi connectivity index (χ0v) is 15.9. The molecule has 0 aliphatic carbocycles. The minimum absolute atomic E-state index is 0.0267. The first-order valence-corrected chi connectivity index (χ1v) is 9.65. The third kappa shape index (κ3) is 5.18. The molecule has 1 fully saturated rings. The number of aryl methyl sites for hydroxylation is 1. The average Bonchev–Trinajstić information content (AvgIpc) is 2.66. The fourth-order valence-electron chi connectivity index (χ4n) is 3.66. The first-order valence-electron chi connectivity index (χ1n) is 9.65. The van der Waals surface area contributed by atoms with Gasteiger partial charge in [-0.15, -0.1) is 0 Å². The van der Waals surface area contributed by atoms with E-state index in [1.165, 1.54) is 16.7 Å². The number of piperidine rings is 1. The molecule has 0 aromatic heterocycles. The van der Waals surface area contributed by atoms with E-state index in [0.29, 0.717) is 12.3 Å². The number of carbonyl (C=O) groups excluding carboxylic acids is 1. The third-order valence-electron chi connectivity index (χ3n) is 5.22. The van der Waals surface area contributed by atoms with Crippen LogP contribution in [-0.2, 0) is 22.5 Å². The number of rotatable bonds is 6. The molecule has 1 heterocycles. The van der Waals surface area contributed by atoms with Gasteiger partial charge in [0.05, 0.1) is 0 Å². The fourth-order valence-corrected chi connectivity index (χ4v) is 3.66. The molecule has 1 saturated heterocycles. The first-order chi connectivity index (χ1) is 12.6. The molecule has 26 heavy (non-hydrogen) atoms. The van der Waals surface area contributed by atoms with Gasteiger partial charge < -0.3 is 4.74 Å². The van der Waals surface area contributed by atoms with Crippen LogP contribution >= 0.6 is 0 Å². The van der Waals surface area contributed by atoms with E-state index in [2.05, 4.69) is 60.4 Å². The SMILES string of the molecule is CCC(=O)O[C@H]1CN(Cc2ccccc2)CC[C@H]1Cc1ccc(C)cc1. The molecule has 2 atom stereocenters. The summed E-state index contributed by atoms with van der Waals surface area (Å²) >= 11 is 0. The summed E-state index contributed by atoms with van der Waals surface area (Å²) in [6, 6.07) is 19.2. The number of likely N-dealkylation sites (tertiary alicyclic amines) is 1. The zero-order chi connectivity index (χ0) is 18.4. The zero-order valence-electron chi connectivity index (χ0n) is 15.9. The van der Waals surface area contributed by atoms with Gasteiger partial charge in [0.2, 0.25) is 0 Å². The van der Waals surface area contributed by atoms with Crippen molar-refractivity contribution < 1.29 is 9.53 Å². The van der Waals surface area contributed by atoms with Crippen molar-refractivity contribution in [3.05, 3.63) is 71.3 Å². The molecule has 3 nitrogen and oxygen atoms in total. The van der Waals surface area contributed by atoms with Gasteiger partial charge in [-0.2, -0.15) is 0 Å². The Morgan fingerprint density at radius 1 is 1.08 bits per heavy atom. The highest BCUT2D eigenvalue weighted by Crippen LogP contribution is 2.26. The Morgan fingerprint density at radius 3 is 2.50 bits per heavy atom. The maximum atomic E-state index is 11.9. The second-order valence-corrected chi connectivity index (χ2v) is 7.34. The monoisotopic (exact) mass is 351 g/mol. The summed E-state index contributed by atoms with van der Waals surface area (Å²) in [5, 5.41) is 0. The highest BCUT2D eigenvalue weighted by atomic mass is 16.5. The number of carbonyl (C=O) groups is 1. The van der Waals surface area contributed by atoms with Crippen molar-refractivity contribution in [3.8, 4) is 0 Å². The normalized spacial score (nSPS) is 20.7. The largest absolute Gasteiger partial charge is 0.461 e. The molecule has 0 spiro atoms. The Bertz CT molecular complexity index is 696. The van der Waals surface area contributed by atoms with Crippen LogP contribution < -0.4 is 0 Å². The lowest BCUT2D eigenvalue weighted by Gasteiger charge is -2.38. The van der Waals surface area contributed by atoms with E-state index in [4.69, 9.17) is 4.74 Å². The van der Waals surface area contributed by atoms with Crippen LogP contribution in [0.1, 0.15) is 36.5 Å². The van der Waals surface area contributed by atoms with Crippen LogP contribution in [0.15, 0.2) is 54.6 Å². The summed E-state index contributed by atoms with van der Waals surface area (Å²) in [5.41, 5.74) is 3.92. The molecule has 2 aromatic rings. The summed E-state index contributed by atoms with van der Waals surface area (Å²) in [4.78, 5) is 14.4. The molecule has 138 valence electrons. The second kappa shape index (κ2) is 9.00. The standard InChI is InChI=1S/C23H29NO2/c1-3-23(25)26-22-17-24(16-20-7-5-4-6-8-20)14-13-21(22)15-19-11-9-18(2)10-12-19/h4-12,21-22H,3,13-17H2,1-2H3/t21-,22-/m0/s1. The van der Waals surface area contributed by atoms with Crippen molar-refractivity contribution in [3.63, 3.8) is 0 Å². The predicted octanol–water partition coefficient (Wildman–Crippen LogP) is 4.38. The number of nitrogens with zero attached hydrogens (tertiary/aromatic N) is 1. The lowest BCUT2D eigenvalue weighted by molar-refractivity contribution is -0.155. The number of esters is 1. The maximum absolute atomic E-state index is 11.9. The van der Waals surface area contributed by atoms with Crippen molar-refractivity contribution in [1.82, 2.24) is 4.90 Å². The van der Waals surface area contributed by atoms with E-state index in [0.717, 1.165) is 32.5 Å². The van der Waals surface area contributed by atoms with Gasteiger partial charge in [0.15, 0.2) is 0 Å². The Balaban J connectivity index is 1.66. The van der Waals surface area contributed by atoms with Crippen molar-refractivity contribution in [2.45, 2.75) is 45.8 Å². The van der Waals surface area contributed by atoms with Gasteiger partial charge in [-0.1, -0.05) is 67.1 Å². The topological polar surface area (TPSA) is 29.5 Å². The number of hydrogen-bond donors (Lipinski definition) is 0. The molecule has 0 unspecified atom stereocenters. The number of ether oxygens (including phenoxy) is 1. The van der Waals surface area contributed by atoms with Crippen molar-refractivity contribution in [1.29, 1.82) is 0 Å². The van der Waals surface area contributed by atoms with Crippen LogP contribution in [0.2, 0.25) is 0 Å². The van der Waals surface area contributed by atoms with E-state index >= 15 is 0 Å². The minimum atomic E-state index is -0.0922. The van der Waals surface area contributed by atoms with Gasteiger partial charge in [-0.3, -0.25) is 9.69 Å². The van der Waals surface area contributed by atoms with Gasteiger partial charge in [-0.25, -0.2) is 0 Å². The molecule has 0 saturated carbocycles. The van der Waals surface area contributed by atoms with E-state index in [1.807, 2.05) is 13.0 Å². The molecule has 0 N–H and O–H groups in total. The van der Waals surface area contributed by atoms with Crippen LogP contribution in [0.5, 0.6) is 0 Å². The molecule has 0 radical (unpaired) electrons. The molecule has 0 bridgehead atoms. The number of benzene rings is 2. The minimum Gasteiger partial charge on any atom is -0.461 e. The fraction of sp³-hybridized carbons (Fsp3) is 0.435. The third-order valence-corrected chi connectivity index (χ3v) is 5.22. The summed E-state index contributed by atoms with van der Waals surface area (Å²) in [5.74, 6) is 0.297. The molecule has 3 rings (SSSR count). The van der Waals surface area contributed by atoms with E-state index in [-0.39, 0.29) is 12.1 Å². The average molecular weight is 351 g/mol. The number of hydrogen-bond acceptors (Lipinski definition) is 3. The Kier molecular flexibility index (Phi) is 6.45. The van der Waals surface area contributed by atoms with Crippen LogP contribution in [-0.4, -0.2) is 30.1 Å². The summed E-state index contributed by atoms with van der Waals surface area (Å²) in [6.07, 6.45) is 2.44. The molecular weight excluding hydrogens is 322 g/mol. The highest BCUT2D eigenvalue weighted by Gasteiger charge is 2.32. The van der Waals surface area contributed by atoms with E-state index in [9.17, 15) is 4.79 Å². The molecule has 3 heteroatoms. The highest BCUT2D eigenvalue weighted by molar-refractivity contribution is 5.69. The molecule has 1 aliphatic rings. The quantitative estimate of drug-likeness (QED) is 0.723. The van der Waals surface area contributed by atoms with Crippen LogP contribution in [0.4, 0.5) is 0 Å². The predicted molar refractivity (Wildman–Crippen MR) is 105 cm³/mol. The van der Waals surface area contributed by atoms with Gasteiger partial charge in [0, 0.05) is 25.4 Å². The lowest BCUT2D eigenvalue weighted by atomic mass is 9.87. The van der Waals surface area contributed by atoms with Crippen molar-refractivity contribution >= 4 is 5.97 Å². The second-order valence-electron chi connectivity index (χ2n) is 7.34. The lowest BCUT2D eigenvalue weighted by Crippen LogP contribution is -2.46. The summed E-state index contributed by atoms with van der Waals surface area (Å²) in [6.45, 7) is 6.75. The molecule has 2 aromatic carbocycles. The Morgan fingerprint density at radius 2 is 1.81 bits per heavy atom. The van der Waals surface area contributed by atoms with Crippen LogP contribution in [0.3, 0.4) is 0 Å². The van der Waals surface area contributed by atoms with Gasteiger partial charge in [-0.05, 0) is 37.4 Å². The summed E-state index contributed by atoms with van der Waals surface area (Å²) < 4.78 is 5.84. The van der Waals surface area contributed by atoms with E-state index in [1.54, 1.807) is 0 Å². The molecule has 1 aliphatic heterocycles. The maximum Gasteiger partial charge on any atom is 0.305 e. The Labute approximate surface area is 157 Å². The van der Waals surface area contributed by atoms with Gasteiger partial charge in [0.1, 0.15) is 6.10 Å². The van der Waals surface area contributed by atoms with Crippen LogP contribution in [0.25, 0.3) is 0 Å². The van der Waals surface area contributed by atoms with Gasteiger partial charge >= 0.3 is 5.97 Å². The van der Waals surface area contributed by atoms with E-state index < -0.39 is 0 Å². The van der Waals surface area contributed by atoms with Gasteiger partial charge in [0.25, 0.3) is 0 Å². The Hall–Kier alpha value is -2.13. The molecular formula is C23H29NO2. The first kappa shape index (κ1) is 18.7. The van der Waals surface area contributed by atoms with Crippen molar-refractivity contribution in [2.24, 2.45) is 5.92 Å². The van der Waals surface area contributed by atoms with Crippen molar-refractivity contribution in [2.75, 3.05) is 13.1 Å². The summed E-state index contributed by atoms with van der Waals surface area (Å²) in [7, 11) is 0. The smallest absolute Gasteiger partial charge is 0.305 e. The molecule has 0 amide bonds. The van der Waals surface area contributed by atoms with Crippen LogP contribution in [0, 0.1) is 12.8 Å².